The molecule has 0 spiro atoms. The lowest BCUT2D eigenvalue weighted by Gasteiger charge is -2.36. The quantitative estimate of drug-likeness (QED) is 0.395. The molecular formula is C29H46N4O5. The highest BCUT2D eigenvalue weighted by Gasteiger charge is 2.38. The molecule has 0 aliphatic heterocycles. The summed E-state index contributed by atoms with van der Waals surface area (Å²) >= 11 is 0. The molecular weight excluding hydrogens is 484 g/mol. The van der Waals surface area contributed by atoms with E-state index in [4.69, 9.17) is 10.5 Å². The van der Waals surface area contributed by atoms with Crippen LogP contribution in [0.1, 0.15) is 102 Å². The number of nitrogens with zero attached hydrogens (tertiary/aromatic N) is 1. The van der Waals surface area contributed by atoms with E-state index in [1.165, 1.54) is 4.90 Å². The highest BCUT2D eigenvalue weighted by atomic mass is 16.6. The molecule has 2 rings (SSSR count). The fourth-order valence-corrected chi connectivity index (χ4v) is 4.79. The second kappa shape index (κ2) is 14.2. The van der Waals surface area contributed by atoms with Gasteiger partial charge in [-0.2, -0.15) is 0 Å². The van der Waals surface area contributed by atoms with Crippen LogP contribution >= 0.6 is 0 Å². The fraction of sp³-hybridized carbons (Fsp3) is 0.655. The Morgan fingerprint density at radius 2 is 1.76 bits per heavy atom. The van der Waals surface area contributed by atoms with Crippen LogP contribution in [0.5, 0.6) is 0 Å². The molecule has 4 N–H and O–H groups in total. The Labute approximate surface area is 227 Å². The highest BCUT2D eigenvalue weighted by Crippen LogP contribution is 2.29. The van der Waals surface area contributed by atoms with Gasteiger partial charge >= 0.3 is 6.09 Å². The van der Waals surface area contributed by atoms with Gasteiger partial charge in [0.25, 0.3) is 0 Å². The van der Waals surface area contributed by atoms with Crippen molar-refractivity contribution in [3.63, 3.8) is 0 Å². The molecule has 0 bridgehead atoms. The molecule has 0 heterocycles. The van der Waals surface area contributed by atoms with E-state index in [0.717, 1.165) is 55.2 Å². The maximum atomic E-state index is 14.1. The van der Waals surface area contributed by atoms with Gasteiger partial charge in [-0.05, 0) is 70.6 Å². The molecule has 0 aromatic heterocycles. The van der Waals surface area contributed by atoms with Crippen molar-refractivity contribution in [3.05, 3.63) is 34.9 Å². The average molecular weight is 531 g/mol. The van der Waals surface area contributed by atoms with Crippen molar-refractivity contribution in [2.24, 2.45) is 5.73 Å². The van der Waals surface area contributed by atoms with E-state index in [9.17, 15) is 19.2 Å². The van der Waals surface area contributed by atoms with Gasteiger partial charge in [0, 0.05) is 12.6 Å². The largest absolute Gasteiger partial charge is 0.444 e. The topological polar surface area (TPSA) is 131 Å². The van der Waals surface area contributed by atoms with E-state index in [1.54, 1.807) is 20.8 Å². The second-order valence-electron chi connectivity index (χ2n) is 11.3. The Hall–Kier alpha value is -3.10. The summed E-state index contributed by atoms with van der Waals surface area (Å²) in [7, 11) is 0. The van der Waals surface area contributed by atoms with Crippen molar-refractivity contribution in [2.45, 2.75) is 117 Å². The Kier molecular flexibility index (Phi) is 11.6. The Bertz CT molecular complexity index is 982. The number of rotatable bonds is 11. The highest BCUT2D eigenvalue weighted by molar-refractivity contribution is 5.94. The number of alkyl carbamates (subject to hydrolysis) is 1. The number of nitrogens with one attached hydrogen (secondary N) is 2. The number of ether oxygens (including phenoxy) is 1. The number of benzene rings is 1. The maximum Gasteiger partial charge on any atom is 0.408 e. The summed E-state index contributed by atoms with van der Waals surface area (Å²) in [6.45, 7) is 11.3. The summed E-state index contributed by atoms with van der Waals surface area (Å²) in [5.41, 5.74) is 7.31. The lowest BCUT2D eigenvalue weighted by molar-refractivity contribution is -0.143. The number of nitrogens with two attached hydrogens (primary N) is 1. The van der Waals surface area contributed by atoms with Gasteiger partial charge in [-0.3, -0.25) is 14.4 Å². The number of hydrogen-bond donors (Lipinski definition) is 3. The van der Waals surface area contributed by atoms with Crippen LogP contribution in [0.4, 0.5) is 4.79 Å². The molecule has 1 aromatic rings. The normalized spacial score (nSPS) is 15.7. The smallest absolute Gasteiger partial charge is 0.408 e. The monoisotopic (exact) mass is 530 g/mol. The minimum Gasteiger partial charge on any atom is -0.444 e. The average Bonchev–Trinajstić information content (AvgIpc) is 2.82. The molecule has 9 heteroatoms. The van der Waals surface area contributed by atoms with E-state index in [0.29, 0.717) is 6.42 Å². The molecule has 38 heavy (non-hydrogen) atoms. The van der Waals surface area contributed by atoms with Crippen LogP contribution in [-0.2, 0) is 19.1 Å². The molecule has 1 fully saturated rings. The van der Waals surface area contributed by atoms with Crippen molar-refractivity contribution in [2.75, 3.05) is 6.54 Å². The zero-order valence-corrected chi connectivity index (χ0v) is 23.9. The van der Waals surface area contributed by atoms with Crippen molar-refractivity contribution in [3.8, 4) is 0 Å². The van der Waals surface area contributed by atoms with Gasteiger partial charge in [-0.15, -0.1) is 0 Å². The van der Waals surface area contributed by atoms with Gasteiger partial charge in [-0.1, -0.05) is 50.8 Å². The first-order valence-electron chi connectivity index (χ1n) is 13.8. The van der Waals surface area contributed by atoms with Crippen molar-refractivity contribution in [1.29, 1.82) is 0 Å². The van der Waals surface area contributed by atoms with Crippen LogP contribution in [0.2, 0.25) is 0 Å². The fourth-order valence-electron chi connectivity index (χ4n) is 4.79. The number of primary amides is 1. The van der Waals surface area contributed by atoms with Crippen LogP contribution in [-0.4, -0.2) is 52.9 Å². The second-order valence-corrected chi connectivity index (χ2v) is 11.3. The maximum absolute atomic E-state index is 14.1. The van der Waals surface area contributed by atoms with Gasteiger partial charge in [-0.25, -0.2) is 4.79 Å². The first-order valence-corrected chi connectivity index (χ1v) is 13.8. The SMILES string of the molecule is CCCCN(C(=O)C(CC(N)=O)NC(=O)OC(C)(C)C)C(C(=O)NC1CCCCC1)c1cccc(C)c1C. The third-order valence-electron chi connectivity index (χ3n) is 6.88. The predicted molar refractivity (Wildman–Crippen MR) is 147 cm³/mol. The first kappa shape index (κ1) is 31.1. The van der Waals surface area contributed by atoms with E-state index < -0.39 is 42.0 Å². The van der Waals surface area contributed by atoms with Gasteiger partial charge in [0.2, 0.25) is 17.7 Å². The predicted octanol–water partition coefficient (Wildman–Crippen LogP) is 4.19. The van der Waals surface area contributed by atoms with E-state index in [2.05, 4.69) is 10.6 Å². The molecule has 1 aliphatic rings. The molecule has 4 amide bonds. The number of carbonyl (C=O) groups is 4. The lowest BCUT2D eigenvalue weighted by Crippen LogP contribution is -2.55. The summed E-state index contributed by atoms with van der Waals surface area (Å²) in [6.07, 6.45) is 5.24. The molecule has 0 radical (unpaired) electrons. The van der Waals surface area contributed by atoms with Gasteiger partial charge in [0.05, 0.1) is 6.42 Å². The van der Waals surface area contributed by atoms with Crippen molar-refractivity contribution >= 4 is 23.8 Å². The third kappa shape index (κ3) is 9.33. The lowest BCUT2D eigenvalue weighted by atomic mass is 9.92. The van der Waals surface area contributed by atoms with E-state index >= 15 is 0 Å². The summed E-state index contributed by atoms with van der Waals surface area (Å²) in [4.78, 5) is 54.0. The number of unbranched alkanes of at least 4 members (excludes halogenated alkanes) is 1. The standard InChI is InChI=1S/C29H46N4O5/c1-7-8-17-33(27(36)23(18-24(30)34)32-28(37)38-29(4,5)6)25(22-16-12-13-19(2)20(22)3)26(35)31-21-14-10-9-11-15-21/h12-13,16,21,23,25H,7-11,14-15,17-18H2,1-6H3,(H2,30,34)(H,31,35)(H,32,37). The Morgan fingerprint density at radius 3 is 2.34 bits per heavy atom. The van der Waals surface area contributed by atoms with Crippen LogP contribution in [0.3, 0.4) is 0 Å². The summed E-state index contributed by atoms with van der Waals surface area (Å²) in [6, 6.07) is 3.56. The van der Waals surface area contributed by atoms with Crippen LogP contribution in [0.15, 0.2) is 18.2 Å². The molecule has 1 saturated carbocycles. The number of aryl methyl sites for hydroxylation is 1. The zero-order valence-electron chi connectivity index (χ0n) is 23.9. The summed E-state index contributed by atoms with van der Waals surface area (Å²) in [5, 5.41) is 5.72. The summed E-state index contributed by atoms with van der Waals surface area (Å²) in [5.74, 6) is -1.55. The van der Waals surface area contributed by atoms with Crippen LogP contribution in [0, 0.1) is 13.8 Å². The van der Waals surface area contributed by atoms with E-state index in [-0.39, 0.29) is 18.5 Å². The van der Waals surface area contributed by atoms with Gasteiger partial charge in [0.1, 0.15) is 17.7 Å². The molecule has 1 aromatic carbocycles. The van der Waals surface area contributed by atoms with Crippen molar-refractivity contribution in [1.82, 2.24) is 15.5 Å². The van der Waals surface area contributed by atoms with Crippen molar-refractivity contribution < 1.29 is 23.9 Å². The third-order valence-corrected chi connectivity index (χ3v) is 6.88. The number of carbonyl (C=O) groups excluding carboxylic acids is 4. The first-order chi connectivity index (χ1) is 17.8. The van der Waals surface area contributed by atoms with Gasteiger partial charge in [0.15, 0.2) is 0 Å². The molecule has 2 unspecified atom stereocenters. The van der Waals surface area contributed by atoms with Crippen LogP contribution < -0.4 is 16.4 Å². The van der Waals surface area contributed by atoms with Gasteiger partial charge < -0.3 is 26.0 Å². The number of amides is 4. The zero-order chi connectivity index (χ0) is 28.5. The molecule has 0 saturated heterocycles. The Morgan fingerprint density at radius 1 is 1.11 bits per heavy atom. The molecule has 9 nitrogen and oxygen atoms in total. The summed E-state index contributed by atoms with van der Waals surface area (Å²) < 4.78 is 5.34. The van der Waals surface area contributed by atoms with E-state index in [1.807, 2.05) is 39.0 Å². The molecule has 212 valence electrons. The number of hydrogen-bond acceptors (Lipinski definition) is 5. The molecule has 1 aliphatic carbocycles. The van der Waals surface area contributed by atoms with Crippen LogP contribution in [0.25, 0.3) is 0 Å². The molecule has 2 atom stereocenters. The minimum atomic E-state index is -1.27. The minimum absolute atomic E-state index is 0.0493. The Balaban J connectivity index is 2.51.